The summed E-state index contributed by atoms with van der Waals surface area (Å²) in [6.45, 7) is 4.79. The molecule has 1 saturated heterocycles. The van der Waals surface area contributed by atoms with Crippen molar-refractivity contribution in [2.24, 2.45) is 5.92 Å². The molecule has 1 aromatic rings. The molecule has 0 bridgehead atoms. The van der Waals surface area contributed by atoms with E-state index in [1.807, 2.05) is 24.3 Å². The van der Waals surface area contributed by atoms with Crippen LogP contribution in [0.2, 0.25) is 5.02 Å². The van der Waals surface area contributed by atoms with E-state index in [0.29, 0.717) is 12.0 Å². The quantitative estimate of drug-likeness (QED) is 0.872. The predicted octanol–water partition coefficient (Wildman–Crippen LogP) is 3.43. The van der Waals surface area contributed by atoms with Crippen molar-refractivity contribution in [2.45, 2.75) is 31.9 Å². The standard InChI is InChI=1S/C16H24ClNO2/c1-12(13-7-9-20-10-8-13)18-11-16(19-2)14-5-3-4-6-15(14)17/h3-6,12-13,16,18H,7-11H2,1-2H3/t12-,16-/m0/s1. The summed E-state index contributed by atoms with van der Waals surface area (Å²) in [5.74, 6) is 0.688. The number of hydrogen-bond acceptors (Lipinski definition) is 3. The molecule has 1 aromatic carbocycles. The summed E-state index contributed by atoms with van der Waals surface area (Å²) in [5, 5.41) is 4.35. The highest BCUT2D eigenvalue weighted by atomic mass is 35.5. The molecular formula is C16H24ClNO2. The van der Waals surface area contributed by atoms with Gasteiger partial charge in [0.05, 0.1) is 6.10 Å². The van der Waals surface area contributed by atoms with E-state index >= 15 is 0 Å². The summed E-state index contributed by atoms with van der Waals surface area (Å²) in [5.41, 5.74) is 1.04. The van der Waals surface area contributed by atoms with Gasteiger partial charge in [-0.05, 0) is 31.7 Å². The lowest BCUT2D eigenvalue weighted by molar-refractivity contribution is 0.0506. The molecule has 1 heterocycles. The topological polar surface area (TPSA) is 30.5 Å². The molecule has 2 atom stereocenters. The molecule has 2 rings (SSSR count). The van der Waals surface area contributed by atoms with E-state index < -0.39 is 0 Å². The monoisotopic (exact) mass is 297 g/mol. The highest BCUT2D eigenvalue weighted by molar-refractivity contribution is 6.31. The molecule has 0 saturated carbocycles. The second-order valence-corrected chi connectivity index (χ2v) is 5.80. The molecule has 112 valence electrons. The number of methoxy groups -OCH3 is 1. The Morgan fingerprint density at radius 2 is 2.05 bits per heavy atom. The molecule has 0 aromatic heterocycles. The third kappa shape index (κ3) is 4.19. The van der Waals surface area contributed by atoms with Crippen LogP contribution in [0.15, 0.2) is 24.3 Å². The maximum atomic E-state index is 6.24. The highest BCUT2D eigenvalue weighted by Gasteiger charge is 2.22. The molecule has 1 N–H and O–H groups in total. The normalized spacial score (nSPS) is 19.8. The smallest absolute Gasteiger partial charge is 0.0959 e. The lowest BCUT2D eigenvalue weighted by Gasteiger charge is -2.30. The van der Waals surface area contributed by atoms with Gasteiger partial charge in [-0.2, -0.15) is 0 Å². The predicted molar refractivity (Wildman–Crippen MR) is 82.2 cm³/mol. The third-order valence-corrected chi connectivity index (χ3v) is 4.48. The number of halogens is 1. The van der Waals surface area contributed by atoms with Gasteiger partial charge in [-0.15, -0.1) is 0 Å². The molecule has 0 radical (unpaired) electrons. The molecule has 0 spiro atoms. The highest BCUT2D eigenvalue weighted by Crippen LogP contribution is 2.25. The first-order valence-electron chi connectivity index (χ1n) is 7.30. The molecule has 0 unspecified atom stereocenters. The molecule has 1 aliphatic heterocycles. The van der Waals surface area contributed by atoms with Crippen molar-refractivity contribution in [3.63, 3.8) is 0 Å². The molecule has 0 amide bonds. The van der Waals surface area contributed by atoms with E-state index in [4.69, 9.17) is 21.1 Å². The average Bonchev–Trinajstić information content (AvgIpc) is 2.50. The van der Waals surface area contributed by atoms with Crippen molar-refractivity contribution in [1.82, 2.24) is 5.32 Å². The first-order valence-corrected chi connectivity index (χ1v) is 7.68. The Morgan fingerprint density at radius 3 is 2.70 bits per heavy atom. The Morgan fingerprint density at radius 1 is 1.35 bits per heavy atom. The van der Waals surface area contributed by atoms with Gasteiger partial charge in [0.15, 0.2) is 0 Å². The van der Waals surface area contributed by atoms with Crippen LogP contribution in [0.1, 0.15) is 31.4 Å². The van der Waals surface area contributed by atoms with Crippen LogP contribution in [-0.2, 0) is 9.47 Å². The van der Waals surface area contributed by atoms with E-state index in [1.165, 1.54) is 0 Å². The van der Waals surface area contributed by atoms with Gasteiger partial charge in [0.2, 0.25) is 0 Å². The van der Waals surface area contributed by atoms with Gasteiger partial charge in [0, 0.05) is 43.5 Å². The maximum Gasteiger partial charge on any atom is 0.0959 e. The molecule has 1 fully saturated rings. The Balaban J connectivity index is 1.89. The average molecular weight is 298 g/mol. The summed E-state index contributed by atoms with van der Waals surface area (Å²) in [4.78, 5) is 0. The van der Waals surface area contributed by atoms with E-state index in [-0.39, 0.29) is 6.10 Å². The molecule has 1 aliphatic rings. The summed E-state index contributed by atoms with van der Waals surface area (Å²) in [7, 11) is 1.73. The van der Waals surface area contributed by atoms with Crippen LogP contribution >= 0.6 is 11.6 Å². The minimum absolute atomic E-state index is 0.00834. The minimum atomic E-state index is -0.00834. The zero-order valence-corrected chi connectivity index (χ0v) is 13.0. The lowest BCUT2D eigenvalue weighted by Crippen LogP contribution is -2.39. The van der Waals surface area contributed by atoms with Gasteiger partial charge in [-0.25, -0.2) is 0 Å². The zero-order chi connectivity index (χ0) is 14.4. The summed E-state index contributed by atoms with van der Waals surface area (Å²) < 4.78 is 11.0. The number of rotatable bonds is 6. The van der Waals surface area contributed by atoms with Crippen molar-refractivity contribution >= 4 is 11.6 Å². The zero-order valence-electron chi connectivity index (χ0n) is 12.3. The Hall–Kier alpha value is -0.610. The first-order chi connectivity index (χ1) is 9.72. The molecule has 3 nitrogen and oxygen atoms in total. The van der Waals surface area contributed by atoms with Crippen LogP contribution in [0.3, 0.4) is 0 Å². The van der Waals surface area contributed by atoms with Gasteiger partial charge in [0.1, 0.15) is 0 Å². The van der Waals surface area contributed by atoms with Crippen LogP contribution in [0.4, 0.5) is 0 Å². The van der Waals surface area contributed by atoms with Crippen molar-refractivity contribution < 1.29 is 9.47 Å². The van der Waals surface area contributed by atoms with E-state index in [1.54, 1.807) is 7.11 Å². The minimum Gasteiger partial charge on any atom is -0.381 e. The van der Waals surface area contributed by atoms with Gasteiger partial charge in [-0.1, -0.05) is 29.8 Å². The van der Waals surface area contributed by atoms with Crippen LogP contribution in [0.5, 0.6) is 0 Å². The van der Waals surface area contributed by atoms with Crippen molar-refractivity contribution in [2.75, 3.05) is 26.9 Å². The van der Waals surface area contributed by atoms with Gasteiger partial charge < -0.3 is 14.8 Å². The lowest BCUT2D eigenvalue weighted by atomic mass is 9.93. The molecule has 0 aliphatic carbocycles. The molecule has 20 heavy (non-hydrogen) atoms. The van der Waals surface area contributed by atoms with Crippen molar-refractivity contribution in [3.05, 3.63) is 34.9 Å². The Labute approximate surface area is 126 Å². The molecular weight excluding hydrogens is 274 g/mol. The van der Waals surface area contributed by atoms with Crippen molar-refractivity contribution in [1.29, 1.82) is 0 Å². The maximum absolute atomic E-state index is 6.24. The largest absolute Gasteiger partial charge is 0.381 e. The first kappa shape index (κ1) is 15.8. The van der Waals surface area contributed by atoms with E-state index in [2.05, 4.69) is 12.2 Å². The van der Waals surface area contributed by atoms with Crippen LogP contribution in [0.25, 0.3) is 0 Å². The third-order valence-electron chi connectivity index (χ3n) is 4.13. The fourth-order valence-electron chi connectivity index (χ4n) is 2.73. The summed E-state index contributed by atoms with van der Waals surface area (Å²) in [6.07, 6.45) is 2.27. The van der Waals surface area contributed by atoms with Crippen molar-refractivity contribution in [3.8, 4) is 0 Å². The summed E-state index contributed by atoms with van der Waals surface area (Å²) >= 11 is 6.24. The molecule has 4 heteroatoms. The Kier molecular flexibility index (Phi) is 6.30. The number of ether oxygens (including phenoxy) is 2. The second-order valence-electron chi connectivity index (χ2n) is 5.39. The number of benzene rings is 1. The van der Waals surface area contributed by atoms with Gasteiger partial charge >= 0.3 is 0 Å². The number of hydrogen-bond donors (Lipinski definition) is 1. The van der Waals surface area contributed by atoms with Crippen LogP contribution in [0, 0.1) is 5.92 Å². The number of nitrogens with one attached hydrogen (secondary N) is 1. The van der Waals surface area contributed by atoms with Gasteiger partial charge in [0.25, 0.3) is 0 Å². The van der Waals surface area contributed by atoms with Crippen LogP contribution in [-0.4, -0.2) is 32.9 Å². The fraction of sp³-hybridized carbons (Fsp3) is 0.625. The Bertz CT molecular complexity index is 407. The fourth-order valence-corrected chi connectivity index (χ4v) is 2.99. The summed E-state index contributed by atoms with van der Waals surface area (Å²) in [6, 6.07) is 8.34. The van der Waals surface area contributed by atoms with E-state index in [0.717, 1.165) is 43.2 Å². The second kappa shape index (κ2) is 7.99. The van der Waals surface area contributed by atoms with E-state index in [9.17, 15) is 0 Å². The SMILES string of the molecule is CO[C@@H](CN[C@@H](C)C1CCOCC1)c1ccccc1Cl. The van der Waals surface area contributed by atoms with Gasteiger partial charge in [-0.3, -0.25) is 0 Å². The van der Waals surface area contributed by atoms with Crippen LogP contribution < -0.4 is 5.32 Å².